The van der Waals surface area contributed by atoms with Gasteiger partial charge in [0.15, 0.2) is 23.3 Å². The van der Waals surface area contributed by atoms with E-state index in [-0.39, 0.29) is 10.0 Å². The Morgan fingerprint density at radius 2 is 1.19 bits per heavy atom. The van der Waals surface area contributed by atoms with Gasteiger partial charge in [-0.25, -0.2) is 22.0 Å². The molecule has 0 aliphatic heterocycles. The summed E-state index contributed by atoms with van der Waals surface area (Å²) in [4.78, 5) is 0. The fraction of sp³-hybridized carbons (Fsp3) is 0. The van der Waals surface area contributed by atoms with Crippen molar-refractivity contribution in [3.8, 4) is 11.1 Å². The minimum absolute atomic E-state index is 0.0892. The lowest BCUT2D eigenvalue weighted by atomic mass is 10.0. The average Bonchev–Trinajstić information content (AvgIpc) is 2.90. The molecule has 0 N–H and O–H groups in total. The highest BCUT2D eigenvalue weighted by Crippen LogP contribution is 2.38. The maximum atomic E-state index is 13.9. The Balaban J connectivity index is 2.40. The topological polar surface area (TPSA) is 0 Å². The van der Waals surface area contributed by atoms with E-state index in [0.717, 1.165) is 5.39 Å². The molecule has 0 fully saturated rings. The van der Waals surface area contributed by atoms with Gasteiger partial charge in [0, 0.05) is 10.0 Å². The van der Waals surface area contributed by atoms with Crippen LogP contribution >= 0.6 is 27.3 Å². The lowest BCUT2D eigenvalue weighted by molar-refractivity contribution is 0.381. The van der Waals surface area contributed by atoms with Crippen LogP contribution in [0.2, 0.25) is 0 Å². The van der Waals surface area contributed by atoms with Crippen molar-refractivity contribution in [2.75, 3.05) is 0 Å². The molecule has 0 bridgehead atoms. The van der Waals surface area contributed by atoms with Crippen LogP contribution in [-0.4, -0.2) is 0 Å². The van der Waals surface area contributed by atoms with E-state index >= 15 is 0 Å². The van der Waals surface area contributed by atoms with E-state index in [1.165, 1.54) is 17.4 Å². The minimum Gasteiger partial charge on any atom is -0.203 e. The first kappa shape index (κ1) is 14.5. The molecule has 0 spiro atoms. The van der Waals surface area contributed by atoms with E-state index in [1.807, 2.05) is 5.38 Å². The van der Waals surface area contributed by atoms with Crippen molar-refractivity contribution in [2.24, 2.45) is 0 Å². The second kappa shape index (κ2) is 5.06. The second-order valence-corrected chi connectivity index (χ2v) is 5.88. The molecule has 1 heterocycles. The van der Waals surface area contributed by atoms with E-state index in [9.17, 15) is 22.0 Å². The summed E-state index contributed by atoms with van der Waals surface area (Å²) >= 11 is 4.47. The summed E-state index contributed by atoms with van der Waals surface area (Å²) in [5.41, 5.74) is -1.03. The third-order valence-electron chi connectivity index (χ3n) is 3.04. The van der Waals surface area contributed by atoms with E-state index in [0.29, 0.717) is 5.39 Å². The summed E-state index contributed by atoms with van der Waals surface area (Å²) in [7, 11) is 0. The number of hydrogen-bond acceptors (Lipinski definition) is 1. The molecular weight excluding hydrogens is 375 g/mol. The summed E-state index contributed by atoms with van der Waals surface area (Å²) in [6.45, 7) is 0. The van der Waals surface area contributed by atoms with Gasteiger partial charge in [-0.1, -0.05) is 15.9 Å². The molecule has 0 aliphatic carbocycles. The van der Waals surface area contributed by atoms with Gasteiger partial charge in [-0.05, 0) is 33.7 Å². The van der Waals surface area contributed by atoms with Crippen molar-refractivity contribution < 1.29 is 22.0 Å². The summed E-state index contributed by atoms with van der Waals surface area (Å²) in [6.07, 6.45) is 0. The zero-order valence-electron chi connectivity index (χ0n) is 9.99. The largest absolute Gasteiger partial charge is 0.203 e. The lowest BCUT2D eigenvalue weighted by Crippen LogP contribution is -2.04. The Bertz CT molecular complexity index is 842. The van der Waals surface area contributed by atoms with Crippen molar-refractivity contribution in [3.63, 3.8) is 0 Å². The molecule has 0 saturated heterocycles. The standard InChI is InChI=1S/C14H4BrF5S/c15-8-2-6-4-21-3-5(6)1-7(8)9-10(16)12(18)14(20)13(19)11(9)17/h1-4H. The zero-order valence-corrected chi connectivity index (χ0v) is 12.4. The Kier molecular flexibility index (Phi) is 3.49. The molecule has 1 aromatic heterocycles. The Hall–Kier alpha value is -1.47. The second-order valence-electron chi connectivity index (χ2n) is 4.28. The van der Waals surface area contributed by atoms with Crippen molar-refractivity contribution in [2.45, 2.75) is 0 Å². The molecule has 21 heavy (non-hydrogen) atoms. The third-order valence-corrected chi connectivity index (χ3v) is 4.48. The normalized spacial score (nSPS) is 11.3. The highest BCUT2D eigenvalue weighted by molar-refractivity contribution is 9.10. The molecule has 0 radical (unpaired) electrons. The molecule has 3 aromatic rings. The molecule has 7 heteroatoms. The Morgan fingerprint density at radius 3 is 1.76 bits per heavy atom. The molecule has 0 nitrogen and oxygen atoms in total. The SMILES string of the molecule is Fc1c(F)c(F)c(-c2cc3cscc3cc2Br)c(F)c1F. The number of fused-ring (bicyclic) bond motifs is 1. The summed E-state index contributed by atoms with van der Waals surface area (Å²) in [5.74, 6) is -9.77. The number of hydrogen-bond donors (Lipinski definition) is 0. The van der Waals surface area contributed by atoms with Gasteiger partial charge in [0.05, 0.1) is 5.56 Å². The van der Waals surface area contributed by atoms with Gasteiger partial charge in [-0.3, -0.25) is 0 Å². The minimum atomic E-state index is -2.17. The van der Waals surface area contributed by atoms with Crippen molar-refractivity contribution >= 4 is 38.0 Å². The van der Waals surface area contributed by atoms with Crippen LogP contribution in [0.1, 0.15) is 0 Å². The highest BCUT2D eigenvalue weighted by atomic mass is 79.9. The van der Waals surface area contributed by atoms with E-state index < -0.39 is 34.6 Å². The maximum Gasteiger partial charge on any atom is 0.200 e. The van der Waals surface area contributed by atoms with Gasteiger partial charge in [-0.15, -0.1) is 0 Å². The van der Waals surface area contributed by atoms with E-state index in [4.69, 9.17) is 0 Å². The number of thiophene rings is 1. The van der Waals surface area contributed by atoms with Gasteiger partial charge >= 0.3 is 0 Å². The summed E-state index contributed by atoms with van der Waals surface area (Å²) in [5, 5.41) is 4.99. The van der Waals surface area contributed by atoms with Crippen LogP contribution in [0, 0.1) is 29.1 Å². The van der Waals surface area contributed by atoms with E-state index in [2.05, 4.69) is 15.9 Å². The van der Waals surface area contributed by atoms with Crippen LogP contribution in [0.4, 0.5) is 22.0 Å². The fourth-order valence-corrected chi connectivity index (χ4v) is 3.35. The monoisotopic (exact) mass is 378 g/mol. The van der Waals surface area contributed by atoms with Crippen molar-refractivity contribution in [1.29, 1.82) is 0 Å². The molecule has 0 atom stereocenters. The van der Waals surface area contributed by atoms with Gasteiger partial charge in [0.2, 0.25) is 5.82 Å². The van der Waals surface area contributed by atoms with Crippen molar-refractivity contribution in [3.05, 3.63) is 56.5 Å². The zero-order chi connectivity index (χ0) is 15.3. The molecule has 0 amide bonds. The van der Waals surface area contributed by atoms with Gasteiger partial charge < -0.3 is 0 Å². The smallest absolute Gasteiger partial charge is 0.200 e. The van der Waals surface area contributed by atoms with Gasteiger partial charge in [0.1, 0.15) is 0 Å². The number of rotatable bonds is 1. The quantitative estimate of drug-likeness (QED) is 0.275. The molecule has 2 aromatic carbocycles. The van der Waals surface area contributed by atoms with Crippen LogP contribution in [0.5, 0.6) is 0 Å². The van der Waals surface area contributed by atoms with Crippen molar-refractivity contribution in [1.82, 2.24) is 0 Å². The predicted molar refractivity (Wildman–Crippen MR) is 74.8 cm³/mol. The average molecular weight is 379 g/mol. The van der Waals surface area contributed by atoms with Gasteiger partial charge in [-0.2, -0.15) is 11.3 Å². The molecule has 0 saturated carbocycles. The molecule has 0 aliphatic rings. The summed E-state index contributed by atoms with van der Waals surface area (Å²) in [6, 6.07) is 2.95. The number of benzene rings is 2. The Labute approximate surface area is 128 Å². The van der Waals surface area contributed by atoms with Crippen LogP contribution in [0.15, 0.2) is 27.4 Å². The first-order chi connectivity index (χ1) is 9.91. The maximum absolute atomic E-state index is 13.9. The number of halogens is 6. The van der Waals surface area contributed by atoms with E-state index in [1.54, 1.807) is 11.4 Å². The third kappa shape index (κ3) is 2.15. The van der Waals surface area contributed by atoms with Crippen LogP contribution < -0.4 is 0 Å². The van der Waals surface area contributed by atoms with Gasteiger partial charge in [0.25, 0.3) is 0 Å². The molecule has 108 valence electrons. The first-order valence-electron chi connectivity index (χ1n) is 5.59. The molecular formula is C14H4BrF5S. The lowest BCUT2D eigenvalue weighted by Gasteiger charge is -2.10. The molecule has 3 rings (SSSR count). The fourth-order valence-electron chi connectivity index (χ4n) is 2.02. The highest BCUT2D eigenvalue weighted by Gasteiger charge is 2.27. The van der Waals surface area contributed by atoms with Crippen LogP contribution in [-0.2, 0) is 0 Å². The molecule has 0 unspecified atom stereocenters. The van der Waals surface area contributed by atoms with Crippen LogP contribution in [0.25, 0.3) is 21.9 Å². The predicted octanol–water partition coefficient (Wildman–Crippen LogP) is 6.03. The summed E-state index contributed by atoms with van der Waals surface area (Å²) < 4.78 is 67.6. The van der Waals surface area contributed by atoms with Crippen LogP contribution in [0.3, 0.4) is 0 Å². The first-order valence-corrected chi connectivity index (χ1v) is 7.32. The Morgan fingerprint density at radius 1 is 0.714 bits per heavy atom.